The third-order valence-corrected chi connectivity index (χ3v) is 4.25. The first-order valence-corrected chi connectivity index (χ1v) is 8.78. The zero-order chi connectivity index (χ0) is 21.1. The Morgan fingerprint density at radius 2 is 1.11 bits per heavy atom. The van der Waals surface area contributed by atoms with Crippen molar-refractivity contribution < 1.29 is 29.3 Å². The molecule has 0 unspecified atom stereocenters. The number of carbonyl (C=O) groups is 3. The molecule has 0 saturated heterocycles. The van der Waals surface area contributed by atoms with Crippen molar-refractivity contribution in [3.8, 4) is 0 Å². The van der Waals surface area contributed by atoms with Gasteiger partial charge in [0.05, 0.1) is 0 Å². The van der Waals surface area contributed by atoms with Gasteiger partial charge in [0.25, 0.3) is 6.47 Å². The topological polar surface area (TPSA) is 101 Å². The molecule has 0 aliphatic carbocycles. The van der Waals surface area contributed by atoms with E-state index in [1.54, 1.807) is 48.5 Å². The fraction of sp³-hybridized carbons (Fsp3) is 0.318. The van der Waals surface area contributed by atoms with Crippen molar-refractivity contribution in [3.05, 3.63) is 70.8 Å². The minimum Gasteiger partial charge on any atom is -0.455 e. The first kappa shape index (κ1) is 21.5. The quantitative estimate of drug-likeness (QED) is 0.536. The van der Waals surface area contributed by atoms with Gasteiger partial charge >= 0.3 is 0 Å². The van der Waals surface area contributed by atoms with Crippen LogP contribution in [0.25, 0.3) is 0 Å². The predicted octanol–water partition coefficient (Wildman–Crippen LogP) is 2.86. The fourth-order valence-electron chi connectivity index (χ4n) is 2.73. The zero-order valence-corrected chi connectivity index (χ0v) is 16.3. The number of ketones is 2. The maximum atomic E-state index is 12.1. The molecule has 6 nitrogen and oxygen atoms in total. The highest BCUT2D eigenvalue weighted by atomic mass is 16.5. The first-order chi connectivity index (χ1) is 12.9. The number of Topliss-reactive ketones (excluding diaryl/α,β-unsaturated/α-hetero) is 2. The van der Waals surface area contributed by atoms with Crippen LogP contribution in [-0.4, -0.2) is 39.5 Å². The summed E-state index contributed by atoms with van der Waals surface area (Å²) in [6.45, 7) is 5.99. The molecule has 2 N–H and O–H groups in total. The minimum atomic E-state index is -1.48. The summed E-state index contributed by atoms with van der Waals surface area (Å²) in [5.74, 6) is -0.831. The third-order valence-electron chi connectivity index (χ3n) is 4.25. The lowest BCUT2D eigenvalue weighted by Crippen LogP contribution is -2.31. The Kier molecular flexibility index (Phi) is 6.17. The van der Waals surface area contributed by atoms with Gasteiger partial charge in [-0.2, -0.15) is 0 Å². The van der Waals surface area contributed by atoms with Crippen LogP contribution in [0.1, 0.15) is 65.6 Å². The monoisotopic (exact) mass is 384 g/mol. The highest BCUT2D eigenvalue weighted by Gasteiger charge is 2.27. The Labute approximate surface area is 163 Å². The number of benzene rings is 2. The summed E-state index contributed by atoms with van der Waals surface area (Å²) < 4.78 is 5.20. The van der Waals surface area contributed by atoms with Crippen molar-refractivity contribution in [2.75, 3.05) is 0 Å². The molecule has 148 valence electrons. The molecule has 6 heteroatoms. The Bertz CT molecular complexity index is 782. The van der Waals surface area contributed by atoms with E-state index < -0.39 is 28.9 Å². The second-order valence-corrected chi connectivity index (χ2v) is 7.63. The Balaban J connectivity index is 2.32. The summed E-state index contributed by atoms with van der Waals surface area (Å²) >= 11 is 0. The van der Waals surface area contributed by atoms with Crippen LogP contribution in [0.3, 0.4) is 0 Å². The Morgan fingerprint density at radius 1 is 0.786 bits per heavy atom. The van der Waals surface area contributed by atoms with Gasteiger partial charge in [0.2, 0.25) is 0 Å². The molecule has 0 aromatic heterocycles. The Morgan fingerprint density at radius 3 is 1.36 bits per heavy atom. The third kappa shape index (κ3) is 4.91. The molecule has 0 atom stereocenters. The second kappa shape index (κ2) is 8.04. The SMILES string of the molecule is CC(C)(O)C(=O)c1ccc(C(OC=O)c2ccc(C(=O)C(C)(C)O)cc2)cc1. The number of ether oxygens (including phenoxy) is 1. The number of aliphatic hydroxyl groups is 2. The van der Waals surface area contributed by atoms with E-state index in [1.165, 1.54) is 27.7 Å². The lowest BCUT2D eigenvalue weighted by molar-refractivity contribution is -0.132. The van der Waals surface area contributed by atoms with E-state index in [-0.39, 0.29) is 0 Å². The molecule has 0 amide bonds. The molecule has 2 aromatic carbocycles. The number of carbonyl (C=O) groups excluding carboxylic acids is 3. The summed E-state index contributed by atoms with van der Waals surface area (Å²) in [4.78, 5) is 35.2. The molecule has 0 aliphatic rings. The minimum absolute atomic E-state index is 0.330. The number of hydrogen-bond donors (Lipinski definition) is 2. The van der Waals surface area contributed by atoms with Crippen LogP contribution in [0.4, 0.5) is 0 Å². The van der Waals surface area contributed by atoms with E-state index in [0.717, 1.165) is 0 Å². The first-order valence-electron chi connectivity index (χ1n) is 8.78. The van der Waals surface area contributed by atoms with E-state index in [2.05, 4.69) is 0 Å². The molecule has 0 saturated carbocycles. The van der Waals surface area contributed by atoms with Gasteiger partial charge in [0, 0.05) is 11.1 Å². The lowest BCUT2D eigenvalue weighted by Gasteiger charge is -2.19. The average Bonchev–Trinajstić information content (AvgIpc) is 2.64. The normalized spacial score (nSPS) is 12.0. The van der Waals surface area contributed by atoms with E-state index in [4.69, 9.17) is 4.74 Å². The van der Waals surface area contributed by atoms with E-state index in [1.807, 2.05) is 0 Å². The van der Waals surface area contributed by atoms with Gasteiger partial charge in [-0.15, -0.1) is 0 Å². The predicted molar refractivity (Wildman–Crippen MR) is 103 cm³/mol. The highest BCUT2D eigenvalue weighted by Crippen LogP contribution is 2.27. The molecule has 0 radical (unpaired) electrons. The van der Waals surface area contributed by atoms with Crippen LogP contribution in [0.5, 0.6) is 0 Å². The second-order valence-electron chi connectivity index (χ2n) is 7.63. The van der Waals surface area contributed by atoms with E-state index in [9.17, 15) is 24.6 Å². The fourth-order valence-corrected chi connectivity index (χ4v) is 2.73. The molecule has 28 heavy (non-hydrogen) atoms. The van der Waals surface area contributed by atoms with Crippen LogP contribution in [0, 0.1) is 0 Å². The molecule has 2 aromatic rings. The van der Waals surface area contributed by atoms with Crippen molar-refractivity contribution in [1.29, 1.82) is 0 Å². The van der Waals surface area contributed by atoms with Crippen molar-refractivity contribution >= 4 is 18.0 Å². The molecule has 0 fully saturated rings. The zero-order valence-electron chi connectivity index (χ0n) is 16.3. The van der Waals surface area contributed by atoms with Crippen LogP contribution in [-0.2, 0) is 9.53 Å². The molecular weight excluding hydrogens is 360 g/mol. The van der Waals surface area contributed by atoms with Gasteiger partial charge in [-0.3, -0.25) is 14.4 Å². The van der Waals surface area contributed by atoms with Crippen molar-refractivity contribution in [2.45, 2.75) is 45.0 Å². The van der Waals surface area contributed by atoms with Crippen molar-refractivity contribution in [3.63, 3.8) is 0 Å². The summed E-state index contributed by atoms with van der Waals surface area (Å²) in [6.07, 6.45) is -0.727. The van der Waals surface area contributed by atoms with E-state index >= 15 is 0 Å². The van der Waals surface area contributed by atoms with Crippen LogP contribution in [0.2, 0.25) is 0 Å². The molecule has 2 rings (SSSR count). The van der Waals surface area contributed by atoms with Gasteiger partial charge in [0.15, 0.2) is 17.7 Å². The maximum Gasteiger partial charge on any atom is 0.294 e. The van der Waals surface area contributed by atoms with E-state index in [0.29, 0.717) is 28.7 Å². The van der Waals surface area contributed by atoms with Crippen molar-refractivity contribution in [1.82, 2.24) is 0 Å². The van der Waals surface area contributed by atoms with Gasteiger partial charge in [-0.05, 0) is 38.8 Å². The molecule has 0 spiro atoms. The summed E-state index contributed by atoms with van der Waals surface area (Å²) in [5.41, 5.74) is -1.03. The molecule has 0 aliphatic heterocycles. The molecule has 0 bridgehead atoms. The average molecular weight is 384 g/mol. The largest absolute Gasteiger partial charge is 0.455 e. The highest BCUT2D eigenvalue weighted by molar-refractivity contribution is 6.02. The lowest BCUT2D eigenvalue weighted by atomic mass is 9.92. The van der Waals surface area contributed by atoms with Gasteiger partial charge in [-0.1, -0.05) is 48.5 Å². The summed E-state index contributed by atoms with van der Waals surface area (Å²) in [7, 11) is 0. The van der Waals surface area contributed by atoms with Crippen LogP contribution >= 0.6 is 0 Å². The smallest absolute Gasteiger partial charge is 0.294 e. The van der Waals surface area contributed by atoms with Crippen molar-refractivity contribution in [2.24, 2.45) is 0 Å². The van der Waals surface area contributed by atoms with Gasteiger partial charge in [0.1, 0.15) is 11.2 Å². The van der Waals surface area contributed by atoms with Crippen LogP contribution in [0.15, 0.2) is 48.5 Å². The summed E-state index contributed by atoms with van der Waals surface area (Å²) in [6, 6.07) is 12.8. The molecule has 0 heterocycles. The van der Waals surface area contributed by atoms with Gasteiger partial charge in [-0.25, -0.2) is 0 Å². The van der Waals surface area contributed by atoms with Gasteiger partial charge < -0.3 is 14.9 Å². The Hall–Kier alpha value is -2.83. The molecular formula is C22H24O6. The van der Waals surface area contributed by atoms with Crippen LogP contribution < -0.4 is 0 Å². The maximum absolute atomic E-state index is 12.1. The summed E-state index contributed by atoms with van der Waals surface area (Å²) in [5, 5.41) is 19.7. The number of rotatable bonds is 8. The number of hydrogen-bond acceptors (Lipinski definition) is 6. The standard InChI is InChI=1S/C22H24O6/c1-21(2,26)19(24)16-9-5-14(6-10-16)18(28-13-23)15-7-11-17(12-8-15)20(25)22(3,4)27/h5-13,18,26-27H,1-4H3.